The standard InChI is InChI=1S/C18H24N4O/c1-14(18-19-17(20-23-18)16-7-8-16)22-11-9-21(10-12-22)13-15-5-3-2-4-6-15/h2-6,14,16H,7-13H2,1H3/t14-/m0/s1. The molecule has 122 valence electrons. The van der Waals surface area contributed by atoms with E-state index in [1.54, 1.807) is 0 Å². The lowest BCUT2D eigenvalue weighted by Crippen LogP contribution is -2.46. The largest absolute Gasteiger partial charge is 0.338 e. The fraction of sp³-hybridized carbons (Fsp3) is 0.556. The minimum Gasteiger partial charge on any atom is -0.338 e. The summed E-state index contributed by atoms with van der Waals surface area (Å²) in [7, 11) is 0. The molecule has 1 aromatic carbocycles. The Morgan fingerprint density at radius 3 is 2.57 bits per heavy atom. The summed E-state index contributed by atoms with van der Waals surface area (Å²) in [4.78, 5) is 9.57. The lowest BCUT2D eigenvalue weighted by Gasteiger charge is -2.36. The molecule has 0 bridgehead atoms. The second-order valence-corrected chi connectivity index (χ2v) is 6.74. The molecule has 4 rings (SSSR count). The van der Waals surface area contributed by atoms with E-state index in [1.165, 1.54) is 18.4 Å². The van der Waals surface area contributed by atoms with Gasteiger partial charge in [-0.3, -0.25) is 9.80 Å². The third kappa shape index (κ3) is 3.46. The van der Waals surface area contributed by atoms with Gasteiger partial charge in [-0.1, -0.05) is 35.5 Å². The van der Waals surface area contributed by atoms with Gasteiger partial charge in [-0.2, -0.15) is 4.98 Å². The molecule has 23 heavy (non-hydrogen) atoms. The lowest BCUT2D eigenvalue weighted by atomic mass is 10.2. The van der Waals surface area contributed by atoms with Crippen LogP contribution in [0.1, 0.15) is 49.0 Å². The van der Waals surface area contributed by atoms with E-state index < -0.39 is 0 Å². The highest BCUT2D eigenvalue weighted by Gasteiger charge is 2.31. The van der Waals surface area contributed by atoms with Crippen molar-refractivity contribution < 1.29 is 4.52 Å². The second kappa shape index (κ2) is 6.42. The van der Waals surface area contributed by atoms with Crippen LogP contribution in [0.25, 0.3) is 0 Å². The molecule has 1 saturated heterocycles. The van der Waals surface area contributed by atoms with Gasteiger partial charge in [-0.25, -0.2) is 0 Å². The van der Waals surface area contributed by atoms with Crippen molar-refractivity contribution in [1.29, 1.82) is 0 Å². The van der Waals surface area contributed by atoms with Crippen LogP contribution in [-0.2, 0) is 6.54 Å². The molecule has 1 aromatic heterocycles. The quantitative estimate of drug-likeness (QED) is 0.849. The molecule has 5 heteroatoms. The summed E-state index contributed by atoms with van der Waals surface area (Å²) < 4.78 is 5.49. The highest BCUT2D eigenvalue weighted by molar-refractivity contribution is 5.14. The Balaban J connectivity index is 1.31. The predicted molar refractivity (Wildman–Crippen MR) is 88.0 cm³/mol. The lowest BCUT2D eigenvalue weighted by molar-refractivity contribution is 0.0845. The molecule has 2 aliphatic rings. The molecule has 1 atom stereocenters. The molecule has 0 spiro atoms. The number of rotatable bonds is 5. The van der Waals surface area contributed by atoms with E-state index >= 15 is 0 Å². The molecule has 1 saturated carbocycles. The first-order valence-electron chi connectivity index (χ1n) is 8.63. The highest BCUT2D eigenvalue weighted by atomic mass is 16.5. The summed E-state index contributed by atoms with van der Waals surface area (Å²) in [6.07, 6.45) is 2.43. The SMILES string of the molecule is C[C@@H](c1nc(C2CC2)no1)N1CCN(Cc2ccccc2)CC1. The van der Waals surface area contributed by atoms with Gasteiger partial charge in [0.1, 0.15) is 0 Å². The van der Waals surface area contributed by atoms with E-state index in [2.05, 4.69) is 57.2 Å². The van der Waals surface area contributed by atoms with Gasteiger partial charge >= 0.3 is 0 Å². The molecule has 0 radical (unpaired) electrons. The van der Waals surface area contributed by atoms with Crippen LogP contribution in [0.2, 0.25) is 0 Å². The van der Waals surface area contributed by atoms with Crippen LogP contribution in [-0.4, -0.2) is 46.1 Å². The van der Waals surface area contributed by atoms with Crippen molar-refractivity contribution in [2.24, 2.45) is 0 Å². The molecule has 2 heterocycles. The first-order valence-corrected chi connectivity index (χ1v) is 8.63. The van der Waals surface area contributed by atoms with Gasteiger partial charge < -0.3 is 4.52 Å². The molecule has 1 aliphatic carbocycles. The summed E-state index contributed by atoms with van der Waals surface area (Å²) in [6, 6.07) is 10.9. The Kier molecular flexibility index (Phi) is 4.14. The van der Waals surface area contributed by atoms with Crippen LogP contribution >= 0.6 is 0 Å². The Labute approximate surface area is 137 Å². The van der Waals surface area contributed by atoms with Gasteiger partial charge in [0.15, 0.2) is 5.82 Å². The molecule has 0 N–H and O–H groups in total. The molecule has 0 amide bonds. The highest BCUT2D eigenvalue weighted by Crippen LogP contribution is 2.38. The monoisotopic (exact) mass is 312 g/mol. The van der Waals surface area contributed by atoms with Crippen molar-refractivity contribution in [3.05, 3.63) is 47.6 Å². The first-order chi connectivity index (χ1) is 11.3. The number of hydrogen-bond acceptors (Lipinski definition) is 5. The number of nitrogens with zero attached hydrogens (tertiary/aromatic N) is 4. The third-order valence-corrected chi connectivity index (χ3v) is 4.96. The summed E-state index contributed by atoms with van der Waals surface area (Å²) in [5.74, 6) is 2.25. The zero-order chi connectivity index (χ0) is 15.6. The summed E-state index contributed by atoms with van der Waals surface area (Å²) in [5, 5.41) is 4.14. The molecular formula is C18H24N4O. The van der Waals surface area contributed by atoms with Crippen molar-refractivity contribution in [1.82, 2.24) is 19.9 Å². The average Bonchev–Trinajstić information content (AvgIpc) is 3.33. The molecule has 0 unspecified atom stereocenters. The van der Waals surface area contributed by atoms with Gasteiger partial charge in [-0.15, -0.1) is 0 Å². The molecule has 2 fully saturated rings. The number of benzene rings is 1. The second-order valence-electron chi connectivity index (χ2n) is 6.74. The van der Waals surface area contributed by atoms with Crippen molar-refractivity contribution in [3.63, 3.8) is 0 Å². The molecule has 5 nitrogen and oxygen atoms in total. The topological polar surface area (TPSA) is 45.4 Å². The smallest absolute Gasteiger partial charge is 0.243 e. The number of hydrogen-bond donors (Lipinski definition) is 0. The van der Waals surface area contributed by atoms with Gasteiger partial charge in [-0.05, 0) is 25.3 Å². The Hall–Kier alpha value is -1.72. The Morgan fingerprint density at radius 1 is 1.13 bits per heavy atom. The number of piperazine rings is 1. The summed E-state index contributed by atoms with van der Waals surface area (Å²) in [6.45, 7) is 7.49. The van der Waals surface area contributed by atoms with Crippen LogP contribution in [0, 0.1) is 0 Å². The minimum absolute atomic E-state index is 0.217. The van der Waals surface area contributed by atoms with Gasteiger partial charge in [0.05, 0.1) is 6.04 Å². The molecule has 2 aromatic rings. The first kappa shape index (κ1) is 14.8. The predicted octanol–water partition coefficient (Wildman–Crippen LogP) is 2.83. The normalized spacial score (nSPS) is 21.4. The van der Waals surface area contributed by atoms with Crippen LogP contribution < -0.4 is 0 Å². The average molecular weight is 312 g/mol. The van der Waals surface area contributed by atoms with Crippen molar-refractivity contribution in [2.45, 2.75) is 38.3 Å². The van der Waals surface area contributed by atoms with Gasteiger partial charge in [0, 0.05) is 38.6 Å². The van der Waals surface area contributed by atoms with Crippen molar-refractivity contribution in [3.8, 4) is 0 Å². The van der Waals surface area contributed by atoms with Gasteiger partial charge in [0.25, 0.3) is 0 Å². The maximum Gasteiger partial charge on any atom is 0.243 e. The van der Waals surface area contributed by atoms with E-state index in [0.717, 1.165) is 44.4 Å². The van der Waals surface area contributed by atoms with Crippen LogP contribution in [0.3, 0.4) is 0 Å². The van der Waals surface area contributed by atoms with E-state index in [9.17, 15) is 0 Å². The maximum absolute atomic E-state index is 5.49. The molecule has 1 aliphatic heterocycles. The Morgan fingerprint density at radius 2 is 1.87 bits per heavy atom. The fourth-order valence-corrected chi connectivity index (χ4v) is 3.23. The summed E-state index contributed by atoms with van der Waals surface area (Å²) in [5.41, 5.74) is 1.39. The van der Waals surface area contributed by atoms with Crippen LogP contribution in [0.5, 0.6) is 0 Å². The van der Waals surface area contributed by atoms with Crippen molar-refractivity contribution in [2.75, 3.05) is 26.2 Å². The zero-order valence-electron chi connectivity index (χ0n) is 13.7. The van der Waals surface area contributed by atoms with Gasteiger partial charge in [0.2, 0.25) is 5.89 Å². The Bertz CT molecular complexity index is 629. The van der Waals surface area contributed by atoms with Crippen molar-refractivity contribution >= 4 is 0 Å². The minimum atomic E-state index is 0.217. The van der Waals surface area contributed by atoms with E-state index in [-0.39, 0.29) is 6.04 Å². The van der Waals surface area contributed by atoms with E-state index in [4.69, 9.17) is 4.52 Å². The van der Waals surface area contributed by atoms with Crippen LogP contribution in [0.15, 0.2) is 34.9 Å². The van der Waals surface area contributed by atoms with E-state index in [1.807, 2.05) is 0 Å². The van der Waals surface area contributed by atoms with Crippen LogP contribution in [0.4, 0.5) is 0 Å². The molecular weight excluding hydrogens is 288 g/mol. The fourth-order valence-electron chi connectivity index (χ4n) is 3.23. The maximum atomic E-state index is 5.49. The zero-order valence-corrected chi connectivity index (χ0v) is 13.7. The van der Waals surface area contributed by atoms with E-state index in [0.29, 0.717) is 5.92 Å². The third-order valence-electron chi connectivity index (χ3n) is 4.96. The summed E-state index contributed by atoms with van der Waals surface area (Å²) >= 11 is 0. The number of aromatic nitrogens is 2.